The van der Waals surface area contributed by atoms with Gasteiger partial charge in [-0.2, -0.15) is 0 Å². The van der Waals surface area contributed by atoms with E-state index < -0.39 is 8.80 Å². The van der Waals surface area contributed by atoms with Gasteiger partial charge in [0.05, 0.1) is 18.0 Å². The molecular formula is C27H45NO5Si. The summed E-state index contributed by atoms with van der Waals surface area (Å²) >= 11 is 0. The van der Waals surface area contributed by atoms with E-state index in [1.807, 2.05) is 24.3 Å². The Labute approximate surface area is 208 Å². The lowest BCUT2D eigenvalue weighted by Gasteiger charge is -2.37. The van der Waals surface area contributed by atoms with Crippen LogP contribution in [-0.4, -0.2) is 42.5 Å². The minimum atomic E-state index is -3.01. The van der Waals surface area contributed by atoms with E-state index in [-0.39, 0.29) is 5.73 Å². The van der Waals surface area contributed by atoms with Crippen LogP contribution < -0.4 is 9.80 Å². The number of anilines is 1. The first-order valence-electron chi connectivity index (χ1n) is 12.8. The van der Waals surface area contributed by atoms with Gasteiger partial charge in [-0.25, -0.2) is 5.06 Å². The zero-order valence-electron chi connectivity index (χ0n) is 21.9. The van der Waals surface area contributed by atoms with E-state index in [1.54, 1.807) is 26.4 Å². The molecule has 1 aromatic carbocycles. The summed E-state index contributed by atoms with van der Waals surface area (Å²) < 4.78 is 23.2. The average Bonchev–Trinajstić information content (AvgIpc) is 2.86. The molecule has 1 unspecified atom stereocenters. The van der Waals surface area contributed by atoms with Gasteiger partial charge in [0.2, 0.25) is 0 Å². The van der Waals surface area contributed by atoms with Gasteiger partial charge in [-0.1, -0.05) is 77.9 Å². The summed E-state index contributed by atoms with van der Waals surface area (Å²) in [6.45, 7) is 9.27. The van der Waals surface area contributed by atoms with Crippen LogP contribution in [-0.2, 0) is 18.1 Å². The molecule has 0 saturated carbocycles. The normalized spacial score (nSPS) is 14.4. The minimum absolute atomic E-state index is 0.355. The van der Waals surface area contributed by atoms with Crippen LogP contribution in [0.4, 0.5) is 5.69 Å². The molecule has 0 aromatic heterocycles. The molecule has 0 amide bonds. The predicted octanol–water partition coefficient (Wildman–Crippen LogP) is 7.07. The third-order valence-corrected chi connectivity index (χ3v) is 9.12. The third-order valence-electron chi connectivity index (χ3n) is 6.23. The first kappa shape index (κ1) is 28.6. The van der Waals surface area contributed by atoms with Crippen LogP contribution in [0.1, 0.15) is 83.6 Å². The summed E-state index contributed by atoms with van der Waals surface area (Å²) in [6.07, 6.45) is 16.0. The Kier molecular flexibility index (Phi) is 12.9. The summed E-state index contributed by atoms with van der Waals surface area (Å²) in [5, 5.41) is 1.76. The molecule has 1 aliphatic rings. The monoisotopic (exact) mass is 491 g/mol. The molecule has 0 aliphatic carbocycles. The van der Waals surface area contributed by atoms with Crippen molar-refractivity contribution in [1.82, 2.24) is 0 Å². The van der Waals surface area contributed by atoms with Gasteiger partial charge in [-0.05, 0) is 37.1 Å². The second-order valence-electron chi connectivity index (χ2n) is 8.76. The number of fused-ring (bicyclic) bond motifs is 1. The highest BCUT2D eigenvalue weighted by molar-refractivity contribution is 6.62. The smallest absolute Gasteiger partial charge is 0.494 e. The molecule has 1 atom stereocenters. The number of hydrogen-bond donors (Lipinski definition) is 0. The van der Waals surface area contributed by atoms with Gasteiger partial charge in [-0.3, -0.25) is 4.84 Å². The van der Waals surface area contributed by atoms with Crippen molar-refractivity contribution in [3.8, 4) is 5.75 Å². The number of ether oxygens (including phenoxy) is 1. The maximum Gasteiger partial charge on any atom is 0.533 e. The summed E-state index contributed by atoms with van der Waals surface area (Å²) in [7, 11) is 1.83. The van der Waals surface area contributed by atoms with Crippen molar-refractivity contribution < 1.29 is 22.9 Å². The Bertz CT molecular complexity index is 757. The number of unbranched alkanes of at least 4 members (excludes halogenated alkanes) is 7. The van der Waals surface area contributed by atoms with E-state index in [0.29, 0.717) is 0 Å². The first-order valence-corrected chi connectivity index (χ1v) is 14.6. The molecule has 7 heteroatoms. The molecular weight excluding hydrogens is 446 g/mol. The Hall–Kier alpha value is -1.64. The van der Waals surface area contributed by atoms with Gasteiger partial charge < -0.3 is 18.0 Å². The molecule has 0 bridgehead atoms. The van der Waals surface area contributed by atoms with E-state index in [0.717, 1.165) is 48.6 Å². The second kappa shape index (κ2) is 15.4. The SMILES string of the molecule is C=C1C=Cc2cc(OCCCCCCCCCC)ccc2N1OC(CCC)[Si](OC)(OC)OC. The Balaban J connectivity index is 1.97. The van der Waals surface area contributed by atoms with Crippen LogP contribution in [0.5, 0.6) is 5.75 Å². The fraction of sp³-hybridized carbons (Fsp3) is 0.630. The second-order valence-corrected chi connectivity index (χ2v) is 11.8. The third kappa shape index (κ3) is 7.95. The lowest BCUT2D eigenvalue weighted by Crippen LogP contribution is -2.57. The van der Waals surface area contributed by atoms with Gasteiger partial charge >= 0.3 is 8.80 Å². The molecule has 0 fully saturated rings. The summed E-state index contributed by atoms with van der Waals surface area (Å²) in [4.78, 5) is 6.44. The van der Waals surface area contributed by atoms with E-state index in [1.165, 1.54) is 44.9 Å². The van der Waals surface area contributed by atoms with Crippen molar-refractivity contribution in [2.24, 2.45) is 0 Å². The molecule has 0 N–H and O–H groups in total. The first-order chi connectivity index (χ1) is 16.5. The molecule has 1 aliphatic heterocycles. The van der Waals surface area contributed by atoms with Crippen LogP contribution in [0, 0.1) is 0 Å². The minimum Gasteiger partial charge on any atom is -0.494 e. The molecule has 1 heterocycles. The molecule has 0 saturated heterocycles. The lowest BCUT2D eigenvalue weighted by atomic mass is 10.1. The van der Waals surface area contributed by atoms with E-state index in [2.05, 4.69) is 26.5 Å². The topological polar surface area (TPSA) is 49.4 Å². The summed E-state index contributed by atoms with van der Waals surface area (Å²) in [5.74, 6) is 0.873. The number of rotatable bonds is 18. The molecule has 1 aromatic rings. The molecule has 0 radical (unpaired) electrons. The maximum atomic E-state index is 6.44. The zero-order valence-corrected chi connectivity index (χ0v) is 22.9. The average molecular weight is 492 g/mol. The van der Waals surface area contributed by atoms with Crippen molar-refractivity contribution in [1.29, 1.82) is 0 Å². The van der Waals surface area contributed by atoms with E-state index >= 15 is 0 Å². The molecule has 6 nitrogen and oxygen atoms in total. The van der Waals surface area contributed by atoms with Crippen LogP contribution in [0.15, 0.2) is 36.6 Å². The molecule has 2 rings (SSSR count). The number of nitrogens with zero attached hydrogens (tertiary/aromatic N) is 1. The number of benzene rings is 1. The Morgan fingerprint density at radius 1 is 0.853 bits per heavy atom. The van der Waals surface area contributed by atoms with Gasteiger partial charge in [0.15, 0.2) is 5.73 Å². The van der Waals surface area contributed by atoms with Crippen LogP contribution in [0.3, 0.4) is 0 Å². The molecule has 34 heavy (non-hydrogen) atoms. The van der Waals surface area contributed by atoms with Crippen molar-refractivity contribution in [2.75, 3.05) is 33.0 Å². The van der Waals surface area contributed by atoms with Crippen molar-refractivity contribution >= 4 is 20.6 Å². The number of hydroxylamine groups is 1. The Morgan fingerprint density at radius 3 is 2.12 bits per heavy atom. The highest BCUT2D eigenvalue weighted by Gasteiger charge is 2.50. The quantitative estimate of drug-likeness (QED) is 0.162. The standard InChI is InChI=1S/C27H45NO5Si/c1-7-9-10-11-12-13-14-15-21-32-25-19-20-26-24(22-25)18-17-23(3)28(26)33-27(16-8-2)34(29-4,30-5)31-6/h17-20,22,27H,3,7-16,21H2,1-2,4-6H3. The fourth-order valence-corrected chi connectivity index (χ4v) is 6.39. The summed E-state index contributed by atoms with van der Waals surface area (Å²) in [6, 6.07) is 6.07. The van der Waals surface area contributed by atoms with Crippen LogP contribution in [0.25, 0.3) is 6.08 Å². The maximum absolute atomic E-state index is 6.44. The van der Waals surface area contributed by atoms with Crippen molar-refractivity contribution in [3.63, 3.8) is 0 Å². The fourth-order valence-electron chi connectivity index (χ4n) is 4.23. The van der Waals surface area contributed by atoms with Crippen molar-refractivity contribution in [2.45, 2.75) is 83.8 Å². The van der Waals surface area contributed by atoms with E-state index in [4.69, 9.17) is 22.9 Å². The van der Waals surface area contributed by atoms with Crippen LogP contribution >= 0.6 is 0 Å². The number of allylic oxidation sites excluding steroid dienone is 1. The predicted molar refractivity (Wildman–Crippen MR) is 142 cm³/mol. The summed E-state index contributed by atoms with van der Waals surface area (Å²) in [5.41, 5.74) is 2.33. The highest BCUT2D eigenvalue weighted by atomic mass is 28.4. The Morgan fingerprint density at radius 2 is 1.50 bits per heavy atom. The van der Waals surface area contributed by atoms with E-state index in [9.17, 15) is 0 Å². The van der Waals surface area contributed by atoms with Gasteiger partial charge in [0.1, 0.15) is 5.75 Å². The van der Waals surface area contributed by atoms with Gasteiger partial charge in [0, 0.05) is 26.9 Å². The van der Waals surface area contributed by atoms with Gasteiger partial charge in [0.25, 0.3) is 0 Å². The molecule has 0 spiro atoms. The van der Waals surface area contributed by atoms with Crippen LogP contribution in [0.2, 0.25) is 0 Å². The number of hydrogen-bond acceptors (Lipinski definition) is 6. The van der Waals surface area contributed by atoms with Gasteiger partial charge in [-0.15, -0.1) is 0 Å². The molecule has 192 valence electrons. The lowest BCUT2D eigenvalue weighted by molar-refractivity contribution is 0.00543. The zero-order chi connectivity index (χ0) is 24.8. The largest absolute Gasteiger partial charge is 0.533 e. The highest BCUT2D eigenvalue weighted by Crippen LogP contribution is 2.35. The van der Waals surface area contributed by atoms with Crippen molar-refractivity contribution in [3.05, 3.63) is 42.1 Å².